The Hall–Kier alpha value is -1.88. The number of nitrogens with zero attached hydrogens (tertiary/aromatic N) is 2. The molecule has 4 rings (SSSR count). The smallest absolute Gasteiger partial charge is 0.156 e. The van der Waals surface area contributed by atoms with Crippen molar-refractivity contribution in [2.75, 3.05) is 18.5 Å². The summed E-state index contributed by atoms with van der Waals surface area (Å²) >= 11 is 12.2. The van der Waals surface area contributed by atoms with Gasteiger partial charge >= 0.3 is 0 Å². The number of hydrogen-bond acceptors (Lipinski definition) is 4. The number of aromatic nitrogens is 2. The average Bonchev–Trinajstić information content (AvgIpc) is 3.14. The van der Waals surface area contributed by atoms with Crippen LogP contribution in [0.4, 0.5) is 5.82 Å². The molecule has 4 nitrogen and oxygen atoms in total. The van der Waals surface area contributed by atoms with Crippen molar-refractivity contribution in [2.24, 2.45) is 0 Å². The van der Waals surface area contributed by atoms with E-state index in [2.05, 4.69) is 15.5 Å². The van der Waals surface area contributed by atoms with Gasteiger partial charge in [0.05, 0.1) is 6.10 Å². The highest BCUT2D eigenvalue weighted by molar-refractivity contribution is 6.31. The summed E-state index contributed by atoms with van der Waals surface area (Å²) in [5.74, 6) is 0.728. The number of ether oxygens (including phenoxy) is 1. The maximum atomic E-state index is 6.22. The molecular formula is C19H17Cl2N3O. The number of hydrogen-bond donors (Lipinski definition) is 1. The van der Waals surface area contributed by atoms with E-state index in [1.807, 2.05) is 42.5 Å². The molecule has 1 N–H and O–H groups in total. The van der Waals surface area contributed by atoms with E-state index in [-0.39, 0.29) is 6.10 Å². The average molecular weight is 374 g/mol. The predicted octanol–water partition coefficient (Wildman–Crippen LogP) is 5.19. The lowest BCUT2D eigenvalue weighted by Gasteiger charge is -2.14. The largest absolute Gasteiger partial charge is 0.376 e. The second-order valence-electron chi connectivity index (χ2n) is 6.11. The highest BCUT2D eigenvalue weighted by atomic mass is 35.5. The van der Waals surface area contributed by atoms with Crippen LogP contribution in [0.1, 0.15) is 12.8 Å². The van der Waals surface area contributed by atoms with Gasteiger partial charge in [0.25, 0.3) is 0 Å². The summed E-state index contributed by atoms with van der Waals surface area (Å²) in [6.07, 6.45) is 2.41. The third-order valence-electron chi connectivity index (χ3n) is 4.38. The lowest BCUT2D eigenvalue weighted by molar-refractivity contribution is 0.120. The van der Waals surface area contributed by atoms with Crippen molar-refractivity contribution in [3.05, 3.63) is 52.5 Å². The zero-order chi connectivity index (χ0) is 17.2. The van der Waals surface area contributed by atoms with E-state index in [9.17, 15) is 0 Å². The molecule has 3 aromatic rings. The minimum atomic E-state index is 0.229. The van der Waals surface area contributed by atoms with Crippen LogP contribution in [0.25, 0.3) is 22.0 Å². The van der Waals surface area contributed by atoms with E-state index < -0.39 is 0 Å². The first-order chi connectivity index (χ1) is 12.2. The van der Waals surface area contributed by atoms with Gasteiger partial charge in [0.15, 0.2) is 5.82 Å². The van der Waals surface area contributed by atoms with E-state index in [1.54, 1.807) is 0 Å². The third kappa shape index (κ3) is 3.56. The molecule has 1 atom stereocenters. The van der Waals surface area contributed by atoms with Gasteiger partial charge < -0.3 is 10.1 Å². The number of rotatable bonds is 4. The standard InChI is InChI=1S/C19H17Cl2N3O/c20-13-5-3-12(4-6-13)18-16-8-7-14(21)10-17(16)19(24-23-18)22-11-15-2-1-9-25-15/h3-8,10,15H,1-2,9,11H2,(H,22,24)/t15-/m0/s1. The van der Waals surface area contributed by atoms with Crippen molar-refractivity contribution < 1.29 is 4.74 Å². The van der Waals surface area contributed by atoms with E-state index in [4.69, 9.17) is 27.9 Å². The van der Waals surface area contributed by atoms with Crippen LogP contribution in [0.2, 0.25) is 10.0 Å². The molecule has 0 unspecified atom stereocenters. The summed E-state index contributed by atoms with van der Waals surface area (Å²) in [7, 11) is 0. The molecule has 0 saturated carbocycles. The van der Waals surface area contributed by atoms with Gasteiger partial charge in [-0.15, -0.1) is 10.2 Å². The second kappa shape index (κ2) is 7.16. The molecule has 1 saturated heterocycles. The van der Waals surface area contributed by atoms with E-state index in [1.165, 1.54) is 0 Å². The van der Waals surface area contributed by atoms with Crippen LogP contribution in [-0.4, -0.2) is 29.5 Å². The number of halogens is 2. The van der Waals surface area contributed by atoms with Crippen LogP contribution in [0.15, 0.2) is 42.5 Å². The quantitative estimate of drug-likeness (QED) is 0.682. The van der Waals surface area contributed by atoms with Gasteiger partial charge in [0.1, 0.15) is 5.69 Å². The van der Waals surface area contributed by atoms with Gasteiger partial charge in [-0.25, -0.2) is 0 Å². The predicted molar refractivity (Wildman–Crippen MR) is 102 cm³/mol. The van der Waals surface area contributed by atoms with Crippen molar-refractivity contribution in [2.45, 2.75) is 18.9 Å². The lowest BCUT2D eigenvalue weighted by atomic mass is 10.0. The van der Waals surface area contributed by atoms with E-state index in [0.717, 1.165) is 53.8 Å². The Balaban J connectivity index is 1.73. The third-order valence-corrected chi connectivity index (χ3v) is 4.87. The first-order valence-electron chi connectivity index (χ1n) is 8.28. The molecule has 2 heterocycles. The van der Waals surface area contributed by atoms with Gasteiger partial charge in [-0.2, -0.15) is 0 Å². The Bertz CT molecular complexity index is 893. The highest BCUT2D eigenvalue weighted by Gasteiger charge is 2.17. The van der Waals surface area contributed by atoms with Crippen LogP contribution in [0.3, 0.4) is 0 Å². The number of fused-ring (bicyclic) bond motifs is 1. The second-order valence-corrected chi connectivity index (χ2v) is 6.98. The summed E-state index contributed by atoms with van der Waals surface area (Å²) < 4.78 is 5.67. The van der Waals surface area contributed by atoms with Gasteiger partial charge in [-0.05, 0) is 37.1 Å². The normalized spacial score (nSPS) is 17.1. The first kappa shape index (κ1) is 16.6. The van der Waals surface area contributed by atoms with Gasteiger partial charge in [0, 0.05) is 39.5 Å². The Kier molecular flexibility index (Phi) is 4.75. The molecule has 0 spiro atoms. The highest BCUT2D eigenvalue weighted by Crippen LogP contribution is 2.32. The van der Waals surface area contributed by atoms with Gasteiger partial charge in [-0.3, -0.25) is 0 Å². The molecule has 1 aliphatic rings. The van der Waals surface area contributed by atoms with Crippen molar-refractivity contribution >= 4 is 39.8 Å². The van der Waals surface area contributed by atoms with E-state index >= 15 is 0 Å². The van der Waals surface area contributed by atoms with Crippen molar-refractivity contribution in [3.8, 4) is 11.3 Å². The molecule has 0 amide bonds. The Morgan fingerprint density at radius 2 is 1.80 bits per heavy atom. The molecule has 0 radical (unpaired) electrons. The molecule has 1 aromatic heterocycles. The molecule has 0 bridgehead atoms. The molecule has 128 valence electrons. The molecule has 2 aromatic carbocycles. The maximum Gasteiger partial charge on any atom is 0.156 e. The Labute approximate surface area is 156 Å². The lowest BCUT2D eigenvalue weighted by Crippen LogP contribution is -2.19. The van der Waals surface area contributed by atoms with Crippen molar-refractivity contribution in [3.63, 3.8) is 0 Å². The number of benzene rings is 2. The number of anilines is 1. The van der Waals surface area contributed by atoms with Crippen LogP contribution >= 0.6 is 23.2 Å². The Morgan fingerprint density at radius 3 is 2.56 bits per heavy atom. The SMILES string of the molecule is Clc1ccc(-c2nnc(NC[C@@H]3CCCO3)c3cc(Cl)ccc23)cc1. The molecule has 0 aliphatic carbocycles. The zero-order valence-corrected chi connectivity index (χ0v) is 15.0. The molecule has 25 heavy (non-hydrogen) atoms. The summed E-state index contributed by atoms with van der Waals surface area (Å²) in [4.78, 5) is 0. The molecule has 1 fully saturated rings. The zero-order valence-electron chi connectivity index (χ0n) is 13.5. The van der Waals surface area contributed by atoms with Crippen molar-refractivity contribution in [1.29, 1.82) is 0 Å². The number of nitrogens with one attached hydrogen (secondary N) is 1. The fourth-order valence-electron chi connectivity index (χ4n) is 3.09. The topological polar surface area (TPSA) is 47.0 Å². The molecule has 1 aliphatic heterocycles. The van der Waals surface area contributed by atoms with Gasteiger partial charge in [0.2, 0.25) is 0 Å². The summed E-state index contributed by atoms with van der Waals surface area (Å²) in [6, 6.07) is 13.4. The molecular weight excluding hydrogens is 357 g/mol. The summed E-state index contributed by atoms with van der Waals surface area (Å²) in [6.45, 7) is 1.55. The van der Waals surface area contributed by atoms with Crippen molar-refractivity contribution in [1.82, 2.24) is 10.2 Å². The van der Waals surface area contributed by atoms with Gasteiger partial charge in [-0.1, -0.05) is 41.4 Å². The van der Waals surface area contributed by atoms with Crippen LogP contribution in [0.5, 0.6) is 0 Å². The minimum absolute atomic E-state index is 0.229. The van der Waals surface area contributed by atoms with Crippen LogP contribution < -0.4 is 5.32 Å². The minimum Gasteiger partial charge on any atom is -0.376 e. The Morgan fingerprint density at radius 1 is 1.00 bits per heavy atom. The monoisotopic (exact) mass is 373 g/mol. The van der Waals surface area contributed by atoms with Crippen LogP contribution in [0, 0.1) is 0 Å². The maximum absolute atomic E-state index is 6.22. The fourth-order valence-corrected chi connectivity index (χ4v) is 3.39. The first-order valence-corrected chi connectivity index (χ1v) is 9.03. The molecule has 6 heteroatoms. The fraction of sp³-hybridized carbons (Fsp3) is 0.263. The summed E-state index contributed by atoms with van der Waals surface area (Å²) in [5.41, 5.74) is 1.78. The van der Waals surface area contributed by atoms with Crippen LogP contribution in [-0.2, 0) is 4.74 Å². The summed E-state index contributed by atoms with van der Waals surface area (Å²) in [5, 5.41) is 15.5. The van der Waals surface area contributed by atoms with E-state index in [0.29, 0.717) is 10.0 Å².